The molecule has 0 saturated heterocycles. The summed E-state index contributed by atoms with van der Waals surface area (Å²) in [7, 11) is 1.86. The average molecular weight is 202 g/mol. The summed E-state index contributed by atoms with van der Waals surface area (Å²) in [5.74, 6) is 0. The first-order valence-electron chi connectivity index (χ1n) is 5.03. The van der Waals surface area contributed by atoms with Gasteiger partial charge in [-0.05, 0) is 34.2 Å². The molecule has 0 rings (SSSR count). The highest BCUT2D eigenvalue weighted by Gasteiger charge is 2.18. The lowest BCUT2D eigenvalue weighted by atomic mass is 10.2. The molecule has 0 radical (unpaired) electrons. The summed E-state index contributed by atoms with van der Waals surface area (Å²) < 4.78 is 5.14. The van der Waals surface area contributed by atoms with Gasteiger partial charge in [0.2, 0.25) is 0 Å². The quantitative estimate of drug-likeness (QED) is 0.726. The molecule has 4 heteroatoms. The highest BCUT2D eigenvalue weighted by molar-refractivity contribution is 5.68. The molecule has 0 aromatic heterocycles. The zero-order valence-electron chi connectivity index (χ0n) is 9.81. The predicted molar refractivity (Wildman–Crippen MR) is 57.4 cm³/mol. The summed E-state index contributed by atoms with van der Waals surface area (Å²) in [6.07, 6.45) is 0.541. The smallest absolute Gasteiger partial charge is 0.407 e. The van der Waals surface area contributed by atoms with Crippen LogP contribution in [0.4, 0.5) is 4.79 Å². The molecule has 0 aromatic rings. The Bertz CT molecular complexity index is 175. The molecule has 0 bridgehead atoms. The van der Waals surface area contributed by atoms with E-state index in [0.29, 0.717) is 0 Å². The van der Waals surface area contributed by atoms with E-state index in [4.69, 9.17) is 4.74 Å². The highest BCUT2D eigenvalue weighted by atomic mass is 16.6. The summed E-state index contributed by atoms with van der Waals surface area (Å²) in [5.41, 5.74) is -0.429. The average Bonchev–Trinajstić information content (AvgIpc) is 2.00. The summed E-state index contributed by atoms with van der Waals surface area (Å²) >= 11 is 0. The van der Waals surface area contributed by atoms with Gasteiger partial charge in [-0.1, -0.05) is 6.92 Å². The van der Waals surface area contributed by atoms with Gasteiger partial charge in [0, 0.05) is 12.6 Å². The maximum absolute atomic E-state index is 11.3. The number of ether oxygens (including phenoxy) is 1. The Balaban J connectivity index is 3.91. The number of hydrogen-bond donors (Lipinski definition) is 2. The third-order valence-electron chi connectivity index (χ3n) is 1.66. The molecule has 0 aliphatic heterocycles. The van der Waals surface area contributed by atoms with Crippen LogP contribution in [0.3, 0.4) is 0 Å². The van der Waals surface area contributed by atoms with E-state index in [9.17, 15) is 4.79 Å². The van der Waals surface area contributed by atoms with Crippen molar-refractivity contribution in [2.75, 3.05) is 13.6 Å². The molecule has 2 N–H and O–H groups in total. The fourth-order valence-electron chi connectivity index (χ4n) is 1.02. The van der Waals surface area contributed by atoms with E-state index < -0.39 is 5.60 Å². The van der Waals surface area contributed by atoms with Crippen molar-refractivity contribution in [3.8, 4) is 0 Å². The fourth-order valence-corrected chi connectivity index (χ4v) is 1.02. The molecule has 0 aliphatic carbocycles. The maximum Gasteiger partial charge on any atom is 0.407 e. The number of likely N-dealkylation sites (N-methyl/N-ethyl adjacent to an activating group) is 1. The van der Waals surface area contributed by atoms with Crippen LogP contribution in [0.2, 0.25) is 0 Å². The molecule has 4 nitrogen and oxygen atoms in total. The third-order valence-corrected chi connectivity index (χ3v) is 1.66. The van der Waals surface area contributed by atoms with Crippen molar-refractivity contribution >= 4 is 6.09 Å². The Morgan fingerprint density at radius 1 is 1.43 bits per heavy atom. The number of carbonyl (C=O) groups is 1. The molecule has 14 heavy (non-hydrogen) atoms. The molecule has 0 heterocycles. The Kier molecular flexibility index (Phi) is 5.53. The van der Waals surface area contributed by atoms with Gasteiger partial charge in [-0.2, -0.15) is 0 Å². The van der Waals surface area contributed by atoms with Gasteiger partial charge in [0.05, 0.1) is 0 Å². The van der Waals surface area contributed by atoms with Gasteiger partial charge in [0.15, 0.2) is 0 Å². The molecule has 0 saturated carbocycles. The SMILES string of the molecule is CC[C@@H](CNC)NC(=O)OC(C)(C)C. The van der Waals surface area contributed by atoms with Crippen molar-refractivity contribution in [2.45, 2.75) is 45.8 Å². The highest BCUT2D eigenvalue weighted by Crippen LogP contribution is 2.06. The van der Waals surface area contributed by atoms with Crippen LogP contribution in [0.15, 0.2) is 0 Å². The number of amides is 1. The minimum absolute atomic E-state index is 0.134. The molecule has 1 amide bonds. The minimum atomic E-state index is -0.429. The Labute approximate surface area is 86.4 Å². The van der Waals surface area contributed by atoms with Gasteiger partial charge in [0.25, 0.3) is 0 Å². The van der Waals surface area contributed by atoms with Crippen LogP contribution in [-0.2, 0) is 4.74 Å². The summed E-state index contributed by atoms with van der Waals surface area (Å²) in [6, 6.07) is 0.134. The van der Waals surface area contributed by atoms with Crippen molar-refractivity contribution in [2.24, 2.45) is 0 Å². The van der Waals surface area contributed by atoms with Gasteiger partial charge in [-0.3, -0.25) is 0 Å². The van der Waals surface area contributed by atoms with Crippen molar-refractivity contribution in [1.82, 2.24) is 10.6 Å². The molecule has 1 atom stereocenters. The van der Waals surface area contributed by atoms with Crippen LogP contribution in [0.25, 0.3) is 0 Å². The van der Waals surface area contributed by atoms with Crippen molar-refractivity contribution < 1.29 is 9.53 Å². The second-order valence-electron chi connectivity index (χ2n) is 4.31. The van der Waals surface area contributed by atoms with Gasteiger partial charge >= 0.3 is 6.09 Å². The van der Waals surface area contributed by atoms with Gasteiger partial charge < -0.3 is 15.4 Å². The van der Waals surface area contributed by atoms with Crippen LogP contribution in [-0.4, -0.2) is 31.3 Å². The fraction of sp³-hybridized carbons (Fsp3) is 0.900. The second-order valence-corrected chi connectivity index (χ2v) is 4.31. The Hall–Kier alpha value is -0.770. The van der Waals surface area contributed by atoms with Crippen LogP contribution < -0.4 is 10.6 Å². The third kappa shape index (κ3) is 6.71. The first kappa shape index (κ1) is 13.2. The maximum atomic E-state index is 11.3. The first-order chi connectivity index (χ1) is 6.39. The Morgan fingerprint density at radius 2 is 2.00 bits per heavy atom. The lowest BCUT2D eigenvalue weighted by Gasteiger charge is -2.22. The van der Waals surface area contributed by atoms with Gasteiger partial charge in [0.1, 0.15) is 5.60 Å². The molecular formula is C10H22N2O2. The standard InChI is InChI=1S/C10H22N2O2/c1-6-8(7-11-5)12-9(13)14-10(2,3)4/h8,11H,6-7H2,1-5H3,(H,12,13)/t8-/m0/s1. The van der Waals surface area contributed by atoms with Gasteiger partial charge in [-0.15, -0.1) is 0 Å². The number of hydrogen-bond acceptors (Lipinski definition) is 3. The number of nitrogens with one attached hydrogen (secondary N) is 2. The lowest BCUT2D eigenvalue weighted by Crippen LogP contribution is -2.43. The zero-order valence-corrected chi connectivity index (χ0v) is 9.81. The minimum Gasteiger partial charge on any atom is -0.444 e. The van der Waals surface area contributed by atoms with E-state index in [1.165, 1.54) is 0 Å². The summed E-state index contributed by atoms with van der Waals surface area (Å²) in [6.45, 7) is 8.35. The van der Waals surface area contributed by atoms with E-state index in [0.717, 1.165) is 13.0 Å². The van der Waals surface area contributed by atoms with E-state index >= 15 is 0 Å². The van der Waals surface area contributed by atoms with Gasteiger partial charge in [-0.25, -0.2) is 4.79 Å². The van der Waals surface area contributed by atoms with Crippen molar-refractivity contribution in [3.05, 3.63) is 0 Å². The molecule has 84 valence electrons. The summed E-state index contributed by atoms with van der Waals surface area (Å²) in [5, 5.41) is 5.82. The van der Waals surface area contributed by atoms with Crippen LogP contribution in [0, 0.1) is 0 Å². The zero-order chi connectivity index (χ0) is 11.2. The summed E-state index contributed by atoms with van der Waals surface area (Å²) in [4.78, 5) is 11.3. The van der Waals surface area contributed by atoms with E-state index in [-0.39, 0.29) is 12.1 Å². The van der Waals surface area contributed by atoms with Crippen LogP contribution in [0.5, 0.6) is 0 Å². The molecule has 0 fully saturated rings. The molecule has 0 aromatic carbocycles. The van der Waals surface area contributed by atoms with Crippen molar-refractivity contribution in [1.29, 1.82) is 0 Å². The molecular weight excluding hydrogens is 180 g/mol. The monoisotopic (exact) mass is 202 g/mol. The van der Waals surface area contributed by atoms with Crippen molar-refractivity contribution in [3.63, 3.8) is 0 Å². The number of alkyl carbamates (subject to hydrolysis) is 1. The molecule has 0 spiro atoms. The first-order valence-corrected chi connectivity index (χ1v) is 5.03. The topological polar surface area (TPSA) is 50.4 Å². The second kappa shape index (κ2) is 5.86. The normalized spacial score (nSPS) is 13.5. The lowest BCUT2D eigenvalue weighted by molar-refractivity contribution is 0.0503. The Morgan fingerprint density at radius 3 is 2.36 bits per heavy atom. The van der Waals surface area contributed by atoms with E-state index in [1.807, 2.05) is 34.7 Å². The van der Waals surface area contributed by atoms with Crippen LogP contribution >= 0.6 is 0 Å². The number of carbonyl (C=O) groups excluding carboxylic acids is 1. The molecule has 0 unspecified atom stereocenters. The molecule has 0 aliphatic rings. The van der Waals surface area contributed by atoms with E-state index in [2.05, 4.69) is 10.6 Å². The van der Waals surface area contributed by atoms with Crippen LogP contribution in [0.1, 0.15) is 34.1 Å². The largest absolute Gasteiger partial charge is 0.444 e. The number of rotatable bonds is 4. The van der Waals surface area contributed by atoms with E-state index in [1.54, 1.807) is 0 Å². The predicted octanol–water partition coefficient (Wildman–Crippen LogP) is 1.51.